The van der Waals surface area contributed by atoms with Gasteiger partial charge in [0, 0.05) is 25.7 Å². The highest BCUT2D eigenvalue weighted by atomic mass is 31.2. The number of carbonyl (C=O) groups is 4. The van der Waals surface area contributed by atoms with Gasteiger partial charge in [0.15, 0.2) is 12.2 Å². The van der Waals surface area contributed by atoms with Crippen molar-refractivity contribution in [3.63, 3.8) is 0 Å². The van der Waals surface area contributed by atoms with Crippen LogP contribution in [0.5, 0.6) is 0 Å². The minimum absolute atomic E-state index is 0.108. The second kappa shape index (κ2) is 77.4. The van der Waals surface area contributed by atoms with Gasteiger partial charge in [-0.05, 0) is 37.5 Å². The van der Waals surface area contributed by atoms with E-state index >= 15 is 0 Å². The summed E-state index contributed by atoms with van der Waals surface area (Å²) in [5.74, 6) is -0.510. The molecule has 0 aromatic rings. The van der Waals surface area contributed by atoms with E-state index in [1.807, 2.05) is 0 Å². The molecule has 0 saturated carbocycles. The monoisotopic (exact) mass is 1540 g/mol. The Bertz CT molecular complexity index is 2010. The van der Waals surface area contributed by atoms with Crippen molar-refractivity contribution in [3.8, 4) is 0 Å². The largest absolute Gasteiger partial charge is 0.472 e. The lowest BCUT2D eigenvalue weighted by atomic mass is 10.0. The van der Waals surface area contributed by atoms with E-state index in [1.54, 1.807) is 0 Å². The van der Waals surface area contributed by atoms with Crippen molar-refractivity contribution in [2.75, 3.05) is 39.6 Å². The maximum Gasteiger partial charge on any atom is 0.472 e. The van der Waals surface area contributed by atoms with E-state index in [0.717, 1.165) is 102 Å². The Kier molecular flexibility index (Phi) is 76.0. The number of unbranched alkanes of at least 4 members (excludes halogenated alkanes) is 55. The van der Waals surface area contributed by atoms with Gasteiger partial charge in [-0.3, -0.25) is 37.3 Å². The van der Waals surface area contributed by atoms with Crippen molar-refractivity contribution >= 4 is 39.5 Å². The number of aliphatic hydroxyl groups excluding tert-OH is 1. The fraction of sp³-hybridized carbons (Fsp3) is 0.953. The van der Waals surface area contributed by atoms with Crippen molar-refractivity contribution in [2.24, 2.45) is 11.8 Å². The molecule has 0 amide bonds. The second-order valence-electron chi connectivity index (χ2n) is 31.9. The highest BCUT2D eigenvalue weighted by Crippen LogP contribution is 2.45. The summed E-state index contributed by atoms with van der Waals surface area (Å²) < 4.78 is 68.9. The summed E-state index contributed by atoms with van der Waals surface area (Å²) in [5.41, 5.74) is 0. The molecule has 3 N–H and O–H groups in total. The van der Waals surface area contributed by atoms with Gasteiger partial charge < -0.3 is 33.8 Å². The predicted octanol–water partition coefficient (Wildman–Crippen LogP) is 26.2. The molecule has 0 fully saturated rings. The van der Waals surface area contributed by atoms with Crippen LogP contribution in [0.3, 0.4) is 0 Å². The topological polar surface area (TPSA) is 237 Å². The van der Waals surface area contributed by atoms with Crippen molar-refractivity contribution < 1.29 is 80.2 Å². The predicted molar refractivity (Wildman–Crippen MR) is 432 cm³/mol. The summed E-state index contributed by atoms with van der Waals surface area (Å²) in [5, 5.41) is 10.7. The zero-order chi connectivity index (χ0) is 77.1. The summed E-state index contributed by atoms with van der Waals surface area (Å²) in [6, 6.07) is 0. The number of aliphatic hydroxyl groups is 1. The molecule has 0 aliphatic heterocycles. The third-order valence-corrected chi connectivity index (χ3v) is 22.1. The van der Waals surface area contributed by atoms with Crippen molar-refractivity contribution in [1.29, 1.82) is 0 Å². The Morgan fingerprint density at radius 1 is 0.257 bits per heavy atom. The molecule has 0 aliphatic rings. The summed E-state index contributed by atoms with van der Waals surface area (Å²) in [7, 11) is -9.93. The van der Waals surface area contributed by atoms with E-state index in [2.05, 4.69) is 41.5 Å². The average Bonchev–Trinajstić information content (AvgIpc) is 0.957. The Balaban J connectivity index is 5.27. The lowest BCUT2D eigenvalue weighted by molar-refractivity contribution is -0.161. The molecule has 5 atom stereocenters. The number of phosphoric ester groups is 2. The first-order chi connectivity index (χ1) is 50.9. The molecule has 0 aromatic carbocycles. The van der Waals surface area contributed by atoms with Crippen LogP contribution in [-0.2, 0) is 65.4 Å². The van der Waals surface area contributed by atoms with Crippen LogP contribution in [0.4, 0.5) is 0 Å². The van der Waals surface area contributed by atoms with Crippen molar-refractivity contribution in [1.82, 2.24) is 0 Å². The van der Waals surface area contributed by atoms with Crippen LogP contribution in [0.1, 0.15) is 459 Å². The maximum atomic E-state index is 13.1. The summed E-state index contributed by atoms with van der Waals surface area (Å²) in [6.45, 7) is 9.72. The van der Waals surface area contributed by atoms with Gasteiger partial charge in [0.25, 0.3) is 0 Å². The lowest BCUT2D eigenvalue weighted by Gasteiger charge is -2.21. The molecule has 0 aromatic heterocycles. The molecule has 0 saturated heterocycles. The SMILES string of the molecule is CCCCCCCCCCCCCCCCCCCCC(=O)OC[C@H](COP(=O)(O)OC[C@@H](O)COP(=O)(O)OC[C@@H](COC(=O)CCCCCCCCCCCCCCC)OC(=O)CCCCCCCCCCCCCCCC(C)C)OC(=O)CCCCCCCCCCCCCCCCCC(C)C. The number of phosphoric acid groups is 2. The summed E-state index contributed by atoms with van der Waals surface area (Å²) in [6.07, 6.45) is 69.3. The molecule has 19 heteroatoms. The standard InChI is InChI=1S/C86H168O17P2/c1-7-9-11-13-15-17-19-21-22-23-24-27-33-39-45-51-57-63-69-84(89)97-75-82(102-85(90)70-64-58-52-46-40-34-28-25-26-31-36-42-48-54-60-66-78(3)4)77-101-105(94,95)99-73-80(87)72-98-104(92,93)100-76-81(74-96-83(88)68-62-56-50-44-38-30-20-18-16-14-12-10-8-2)103-86(91)71-65-59-53-47-41-35-29-32-37-43-49-55-61-67-79(5)6/h78-82,87H,7-77H2,1-6H3,(H,92,93)(H,94,95)/t80-,81+,82+/m0/s1. The fourth-order valence-electron chi connectivity index (χ4n) is 13.4. The summed E-state index contributed by atoms with van der Waals surface area (Å²) in [4.78, 5) is 73.3. The molecule has 2 unspecified atom stereocenters. The van der Waals surface area contributed by atoms with Crippen LogP contribution in [0.2, 0.25) is 0 Å². The summed E-state index contributed by atoms with van der Waals surface area (Å²) >= 11 is 0. The second-order valence-corrected chi connectivity index (χ2v) is 34.8. The molecule has 17 nitrogen and oxygen atoms in total. The Labute approximate surface area is 645 Å². The van der Waals surface area contributed by atoms with Gasteiger partial charge in [0.05, 0.1) is 26.4 Å². The van der Waals surface area contributed by atoms with E-state index < -0.39 is 97.5 Å². The van der Waals surface area contributed by atoms with Crippen LogP contribution < -0.4 is 0 Å². The molecule has 0 bridgehead atoms. The van der Waals surface area contributed by atoms with Gasteiger partial charge in [-0.15, -0.1) is 0 Å². The van der Waals surface area contributed by atoms with Crippen molar-refractivity contribution in [3.05, 3.63) is 0 Å². The quantitative estimate of drug-likeness (QED) is 0.0222. The van der Waals surface area contributed by atoms with Crippen LogP contribution in [0.15, 0.2) is 0 Å². The number of hydrogen-bond acceptors (Lipinski definition) is 15. The van der Waals surface area contributed by atoms with Gasteiger partial charge >= 0.3 is 39.5 Å². The minimum atomic E-state index is -4.97. The highest BCUT2D eigenvalue weighted by Gasteiger charge is 2.30. The molecule has 0 rings (SSSR count). The average molecular weight is 1540 g/mol. The highest BCUT2D eigenvalue weighted by molar-refractivity contribution is 7.47. The van der Waals surface area contributed by atoms with E-state index in [1.165, 1.54) is 276 Å². The first kappa shape index (κ1) is 103. The van der Waals surface area contributed by atoms with E-state index in [-0.39, 0.29) is 25.7 Å². The van der Waals surface area contributed by atoms with Gasteiger partial charge in [-0.1, -0.05) is 408 Å². The van der Waals surface area contributed by atoms with Crippen LogP contribution in [0.25, 0.3) is 0 Å². The molecule has 0 heterocycles. The van der Waals surface area contributed by atoms with Gasteiger partial charge in [0.2, 0.25) is 0 Å². The maximum absolute atomic E-state index is 13.1. The molecular formula is C86H168O17P2. The number of ether oxygens (including phenoxy) is 4. The lowest BCUT2D eigenvalue weighted by Crippen LogP contribution is -2.30. The number of rotatable bonds is 85. The zero-order valence-electron chi connectivity index (χ0n) is 69.0. The van der Waals surface area contributed by atoms with Crippen LogP contribution in [0, 0.1) is 11.8 Å². The third-order valence-electron chi connectivity index (χ3n) is 20.2. The fourth-order valence-corrected chi connectivity index (χ4v) is 15.0. The number of esters is 4. The number of hydrogen-bond donors (Lipinski definition) is 3. The molecule has 0 radical (unpaired) electrons. The molecule has 105 heavy (non-hydrogen) atoms. The van der Waals surface area contributed by atoms with Crippen molar-refractivity contribution in [2.45, 2.75) is 477 Å². The van der Waals surface area contributed by atoms with E-state index in [0.29, 0.717) is 25.7 Å². The first-order valence-corrected chi connectivity index (χ1v) is 47.5. The van der Waals surface area contributed by atoms with Gasteiger partial charge in [-0.25, -0.2) is 9.13 Å². The van der Waals surface area contributed by atoms with Gasteiger partial charge in [-0.2, -0.15) is 0 Å². The molecule has 0 spiro atoms. The number of carbonyl (C=O) groups excluding carboxylic acids is 4. The molecular weight excluding hydrogens is 1370 g/mol. The van der Waals surface area contributed by atoms with Crippen LogP contribution in [-0.4, -0.2) is 96.7 Å². The van der Waals surface area contributed by atoms with Crippen LogP contribution >= 0.6 is 15.6 Å². The van der Waals surface area contributed by atoms with E-state index in [4.69, 9.17) is 37.0 Å². The normalized spacial score (nSPS) is 13.8. The zero-order valence-corrected chi connectivity index (χ0v) is 70.8. The smallest absolute Gasteiger partial charge is 0.462 e. The Morgan fingerprint density at radius 3 is 0.648 bits per heavy atom. The van der Waals surface area contributed by atoms with E-state index in [9.17, 15) is 43.2 Å². The molecule has 624 valence electrons. The molecule has 0 aliphatic carbocycles. The first-order valence-electron chi connectivity index (χ1n) is 44.5. The Hall–Kier alpha value is -1.94. The third kappa shape index (κ3) is 79.9. The minimum Gasteiger partial charge on any atom is -0.462 e. The van der Waals surface area contributed by atoms with Gasteiger partial charge in [0.1, 0.15) is 19.3 Å². The Morgan fingerprint density at radius 2 is 0.438 bits per heavy atom.